The molecule has 0 unspecified atom stereocenters. The zero-order valence-corrected chi connectivity index (χ0v) is 13.0. The van der Waals surface area contributed by atoms with Crippen LogP contribution in [0.3, 0.4) is 0 Å². The molecule has 2 rings (SSSR count). The highest BCUT2D eigenvalue weighted by Crippen LogP contribution is 2.11. The second-order valence-corrected chi connectivity index (χ2v) is 3.96. The maximum atomic E-state index is 8.92. The molecule has 2 aromatic rings. The van der Waals surface area contributed by atoms with Gasteiger partial charge in [-0.15, -0.1) is 12.4 Å². The van der Waals surface area contributed by atoms with Gasteiger partial charge in [-0.3, -0.25) is 0 Å². The second kappa shape index (κ2) is 8.27. The number of halogens is 1. The maximum absolute atomic E-state index is 8.92. The predicted octanol–water partition coefficient (Wildman–Crippen LogP) is 2.32. The molecule has 6 nitrogen and oxygen atoms in total. The van der Waals surface area contributed by atoms with Crippen molar-refractivity contribution in [1.82, 2.24) is 19.9 Å². The summed E-state index contributed by atoms with van der Waals surface area (Å²) in [6.07, 6.45) is 3.08. The van der Waals surface area contributed by atoms with Gasteiger partial charge in [-0.2, -0.15) is 0 Å². The molecular formula is C13H19ClN4O2. The van der Waals surface area contributed by atoms with E-state index < -0.39 is 0 Å². The molecule has 0 amide bonds. The van der Waals surface area contributed by atoms with Gasteiger partial charge in [0.25, 0.3) is 0 Å². The van der Waals surface area contributed by atoms with Gasteiger partial charge in [-0.05, 0) is 27.7 Å². The van der Waals surface area contributed by atoms with Gasteiger partial charge >= 0.3 is 0 Å². The molecule has 0 aliphatic heterocycles. The van der Waals surface area contributed by atoms with Gasteiger partial charge in [0.15, 0.2) is 11.5 Å². The van der Waals surface area contributed by atoms with E-state index >= 15 is 0 Å². The van der Waals surface area contributed by atoms with E-state index in [1.165, 1.54) is 6.20 Å². The smallest absolute Gasteiger partial charge is 0.158 e. The first-order valence-corrected chi connectivity index (χ1v) is 5.77. The molecular weight excluding hydrogens is 280 g/mol. The van der Waals surface area contributed by atoms with E-state index in [0.29, 0.717) is 11.5 Å². The first-order valence-electron chi connectivity index (χ1n) is 5.77. The third kappa shape index (κ3) is 5.36. The first-order chi connectivity index (χ1) is 8.93. The summed E-state index contributed by atoms with van der Waals surface area (Å²) in [6, 6.07) is 0. The molecule has 0 spiro atoms. The number of hydrogen-bond donors (Lipinski definition) is 1. The Balaban J connectivity index is 0.000000345. The number of nitrogens with zero attached hydrogens (tertiary/aromatic N) is 4. The number of hydrogen-bond acceptors (Lipinski definition) is 6. The molecule has 0 radical (unpaired) electrons. The van der Waals surface area contributed by atoms with E-state index in [1.807, 2.05) is 13.8 Å². The Kier molecular flexibility index (Phi) is 7.46. The largest absolute Gasteiger partial charge is 0.504 e. The lowest BCUT2D eigenvalue weighted by atomic mass is 10.4. The minimum absolute atomic E-state index is 0. The number of methoxy groups -OCH3 is 1. The Hall–Kier alpha value is -1.95. The van der Waals surface area contributed by atoms with Crippen LogP contribution in [0.2, 0.25) is 0 Å². The Morgan fingerprint density at radius 2 is 1.40 bits per heavy atom. The van der Waals surface area contributed by atoms with Gasteiger partial charge in [0.1, 0.15) is 11.6 Å². The van der Waals surface area contributed by atoms with E-state index in [0.717, 1.165) is 17.3 Å². The van der Waals surface area contributed by atoms with Crippen molar-refractivity contribution >= 4 is 12.4 Å². The van der Waals surface area contributed by atoms with Gasteiger partial charge in [0, 0.05) is 0 Å². The molecule has 7 heteroatoms. The van der Waals surface area contributed by atoms with E-state index in [9.17, 15) is 0 Å². The summed E-state index contributed by atoms with van der Waals surface area (Å²) in [5.41, 5.74) is 1.51. The van der Waals surface area contributed by atoms with Gasteiger partial charge in [-0.1, -0.05) is 0 Å². The highest BCUT2D eigenvalue weighted by molar-refractivity contribution is 5.85. The lowest BCUT2D eigenvalue weighted by Gasteiger charge is -2.01. The Morgan fingerprint density at radius 3 is 1.80 bits per heavy atom. The molecule has 0 aliphatic rings. The fraction of sp³-hybridized carbons (Fsp3) is 0.385. The monoisotopic (exact) mass is 298 g/mol. The van der Waals surface area contributed by atoms with Crippen molar-refractivity contribution in [2.45, 2.75) is 27.7 Å². The van der Waals surface area contributed by atoms with Crippen LogP contribution < -0.4 is 4.74 Å². The van der Waals surface area contributed by atoms with E-state index in [1.54, 1.807) is 27.2 Å². The average Bonchev–Trinajstić information content (AvgIpc) is 2.35. The van der Waals surface area contributed by atoms with Gasteiger partial charge < -0.3 is 9.84 Å². The van der Waals surface area contributed by atoms with Crippen LogP contribution in [0.15, 0.2) is 12.4 Å². The van der Waals surface area contributed by atoms with Crippen LogP contribution in [0.5, 0.6) is 11.5 Å². The molecule has 2 heterocycles. The van der Waals surface area contributed by atoms with Crippen LogP contribution in [0, 0.1) is 27.7 Å². The predicted molar refractivity (Wildman–Crippen MR) is 78.5 cm³/mol. The van der Waals surface area contributed by atoms with Crippen molar-refractivity contribution in [3.63, 3.8) is 0 Å². The summed E-state index contributed by atoms with van der Waals surface area (Å²) in [7, 11) is 1.61. The normalized spacial score (nSPS) is 9.05. The van der Waals surface area contributed by atoms with Crippen molar-refractivity contribution < 1.29 is 9.84 Å². The zero-order chi connectivity index (χ0) is 14.4. The quantitative estimate of drug-likeness (QED) is 0.870. The van der Waals surface area contributed by atoms with E-state index in [4.69, 9.17) is 9.84 Å². The number of aromatic hydroxyl groups is 1. The lowest BCUT2D eigenvalue weighted by Crippen LogP contribution is -1.94. The third-order valence-electron chi connectivity index (χ3n) is 2.35. The maximum Gasteiger partial charge on any atom is 0.158 e. The fourth-order valence-electron chi connectivity index (χ4n) is 1.35. The minimum atomic E-state index is 0. The van der Waals surface area contributed by atoms with Gasteiger partial charge in [-0.25, -0.2) is 19.9 Å². The van der Waals surface area contributed by atoms with E-state index in [-0.39, 0.29) is 18.2 Å². The van der Waals surface area contributed by atoms with Crippen LogP contribution >= 0.6 is 12.4 Å². The fourth-order valence-corrected chi connectivity index (χ4v) is 1.35. The second-order valence-electron chi connectivity index (χ2n) is 3.96. The summed E-state index contributed by atoms with van der Waals surface area (Å²) in [6.45, 7) is 7.27. The molecule has 1 N–H and O–H groups in total. The molecule has 0 atom stereocenters. The molecule has 0 saturated heterocycles. The van der Waals surface area contributed by atoms with E-state index in [2.05, 4.69) is 19.9 Å². The Morgan fingerprint density at radius 1 is 0.900 bits per heavy atom. The first kappa shape index (κ1) is 18.0. The summed E-state index contributed by atoms with van der Waals surface area (Å²) in [5.74, 6) is 2.36. The van der Waals surface area contributed by atoms with Gasteiger partial charge in [0.05, 0.1) is 30.9 Å². The van der Waals surface area contributed by atoms with Crippen LogP contribution in [-0.4, -0.2) is 32.2 Å². The van der Waals surface area contributed by atoms with Crippen molar-refractivity contribution in [2.24, 2.45) is 0 Å². The molecule has 110 valence electrons. The summed E-state index contributed by atoms with van der Waals surface area (Å²) < 4.78 is 4.97. The summed E-state index contributed by atoms with van der Waals surface area (Å²) in [5, 5.41) is 8.92. The highest BCUT2D eigenvalue weighted by atomic mass is 35.5. The lowest BCUT2D eigenvalue weighted by molar-refractivity contribution is 0.406. The molecule has 0 aromatic carbocycles. The number of aromatic nitrogens is 4. The molecule has 2 aromatic heterocycles. The van der Waals surface area contributed by atoms with Gasteiger partial charge in [0.2, 0.25) is 0 Å². The topological polar surface area (TPSA) is 81.0 Å². The molecule has 0 bridgehead atoms. The van der Waals surface area contributed by atoms with Crippen LogP contribution in [-0.2, 0) is 0 Å². The Bertz CT molecular complexity index is 564. The van der Waals surface area contributed by atoms with Crippen LogP contribution in [0.25, 0.3) is 0 Å². The third-order valence-corrected chi connectivity index (χ3v) is 2.35. The molecule has 0 aliphatic carbocycles. The van der Waals surface area contributed by atoms with Crippen molar-refractivity contribution in [3.05, 3.63) is 35.4 Å². The summed E-state index contributed by atoms with van der Waals surface area (Å²) >= 11 is 0. The Labute approximate surface area is 124 Å². The minimum Gasteiger partial charge on any atom is -0.504 e. The number of rotatable bonds is 1. The molecule has 20 heavy (non-hydrogen) atoms. The standard InChI is InChI=1S/C7H10N2O.C6H8N2O.ClH/c1-5-7(10-3)4-8-6(2)9-5;1-4-6(9)3-7-5(2)8-4;/h4H,1-3H3;3,9H,1-2H3;1H. The number of ether oxygens (including phenoxy) is 1. The SMILES string of the molecule is COc1cnc(C)nc1C.Cc1ncc(O)c(C)n1.Cl. The summed E-state index contributed by atoms with van der Waals surface area (Å²) in [4.78, 5) is 15.8. The highest BCUT2D eigenvalue weighted by Gasteiger charge is 1.97. The molecule has 0 fully saturated rings. The zero-order valence-electron chi connectivity index (χ0n) is 12.2. The number of aryl methyl sites for hydroxylation is 4. The van der Waals surface area contributed by atoms with Crippen molar-refractivity contribution in [2.75, 3.05) is 7.11 Å². The van der Waals surface area contributed by atoms with Crippen LogP contribution in [0.1, 0.15) is 23.0 Å². The average molecular weight is 299 g/mol. The molecule has 0 saturated carbocycles. The van der Waals surface area contributed by atoms with Crippen molar-refractivity contribution in [3.8, 4) is 11.5 Å². The van der Waals surface area contributed by atoms with Crippen molar-refractivity contribution in [1.29, 1.82) is 0 Å². The van der Waals surface area contributed by atoms with Crippen LogP contribution in [0.4, 0.5) is 0 Å².